The van der Waals surface area contributed by atoms with Crippen LogP contribution in [0, 0.1) is 34.1 Å². The second-order valence-electron chi connectivity index (χ2n) is 6.67. The van der Waals surface area contributed by atoms with Gasteiger partial charge in [0.25, 0.3) is 5.69 Å². The van der Waals surface area contributed by atoms with Crippen molar-refractivity contribution in [1.29, 1.82) is 0 Å². The van der Waals surface area contributed by atoms with E-state index < -0.39 is 28.1 Å². The second-order valence-corrected chi connectivity index (χ2v) is 7.46. The molecule has 0 fully saturated rings. The maximum Gasteiger partial charge on any atom is 0.408 e. The van der Waals surface area contributed by atoms with E-state index in [-0.39, 0.29) is 27.8 Å². The average Bonchev–Trinajstić information content (AvgIpc) is 2.99. The molecule has 3 rings (SSSR count). The maximum atomic E-state index is 12.4. The number of nitro benzene ring substituents is 1. The molecule has 0 radical (unpaired) electrons. The highest BCUT2D eigenvalue weighted by Gasteiger charge is 2.25. The number of halogens is 2. The molecule has 166 valence electrons. The number of carbonyl (C=O) groups excluding carboxylic acids is 1. The van der Waals surface area contributed by atoms with Crippen LogP contribution in [0.5, 0.6) is 11.5 Å². The summed E-state index contributed by atoms with van der Waals surface area (Å²) < 4.78 is 6.76. The number of benzene rings is 2. The molecule has 1 amide bonds. The number of amides is 1. The number of non-ortho nitro benzene ring substituents is 1. The first kappa shape index (κ1) is 23.0. The molecule has 1 N–H and O–H groups in total. The van der Waals surface area contributed by atoms with Crippen molar-refractivity contribution in [2.24, 2.45) is 0 Å². The van der Waals surface area contributed by atoms with Crippen molar-refractivity contribution in [2.45, 2.75) is 20.4 Å². The zero-order valence-corrected chi connectivity index (χ0v) is 18.2. The Morgan fingerprint density at radius 3 is 2.41 bits per heavy atom. The van der Waals surface area contributed by atoms with Gasteiger partial charge in [-0.15, -0.1) is 0 Å². The molecule has 0 bridgehead atoms. The molecule has 0 aliphatic carbocycles. The number of hydrogen-bond acceptors (Lipinski definition) is 7. The van der Waals surface area contributed by atoms with Crippen LogP contribution in [0.4, 0.5) is 17.2 Å². The number of nitrogens with one attached hydrogen (secondary N) is 1. The zero-order valence-electron chi connectivity index (χ0n) is 16.7. The number of anilines is 1. The Bertz CT molecular complexity index is 1240. The molecule has 0 saturated heterocycles. The highest BCUT2D eigenvalue weighted by molar-refractivity contribution is 6.33. The molecule has 0 atom stereocenters. The van der Waals surface area contributed by atoms with E-state index in [0.29, 0.717) is 10.8 Å². The Hall–Kier alpha value is -3.70. The first-order chi connectivity index (χ1) is 15.0. The third-order valence-electron chi connectivity index (χ3n) is 4.33. The molecule has 0 aliphatic heterocycles. The predicted molar refractivity (Wildman–Crippen MR) is 117 cm³/mol. The minimum Gasteiger partial charge on any atom is -0.457 e. The third-order valence-corrected chi connectivity index (χ3v) is 5.20. The van der Waals surface area contributed by atoms with Gasteiger partial charge in [-0.3, -0.25) is 14.9 Å². The van der Waals surface area contributed by atoms with Crippen molar-refractivity contribution in [1.82, 2.24) is 9.78 Å². The number of aromatic nitrogens is 2. The number of nitrogens with zero attached hydrogens (tertiary/aromatic N) is 4. The predicted octanol–water partition coefficient (Wildman–Crippen LogP) is 5.05. The molecule has 1 aromatic heterocycles. The van der Waals surface area contributed by atoms with Gasteiger partial charge in [0.2, 0.25) is 5.91 Å². The van der Waals surface area contributed by atoms with Crippen LogP contribution in [0.1, 0.15) is 11.3 Å². The van der Waals surface area contributed by atoms with E-state index in [2.05, 4.69) is 10.4 Å². The van der Waals surface area contributed by atoms with Gasteiger partial charge in [0.15, 0.2) is 5.02 Å². The Kier molecular flexibility index (Phi) is 6.61. The molecular weight excluding hydrogens is 465 g/mol. The van der Waals surface area contributed by atoms with Crippen molar-refractivity contribution in [3.05, 3.63) is 77.9 Å². The minimum absolute atomic E-state index is 0.0929. The van der Waals surface area contributed by atoms with Crippen LogP contribution < -0.4 is 10.1 Å². The fraction of sp³-hybridized carbons (Fsp3) is 0.158. The molecule has 1 heterocycles. The van der Waals surface area contributed by atoms with E-state index in [1.165, 1.54) is 19.1 Å². The van der Waals surface area contributed by atoms with E-state index in [1.54, 1.807) is 25.1 Å². The zero-order chi connectivity index (χ0) is 23.6. The van der Waals surface area contributed by atoms with Crippen LogP contribution in [-0.4, -0.2) is 25.5 Å². The Labute approximate surface area is 190 Å². The number of carbonyl (C=O) groups is 1. The molecule has 0 spiro atoms. The number of nitro groups is 2. The minimum atomic E-state index is -0.758. The molecular formula is C19H15Cl2N5O6. The number of aryl methyl sites for hydroxylation is 1. The molecule has 11 nitrogen and oxygen atoms in total. The van der Waals surface area contributed by atoms with Gasteiger partial charge in [-0.1, -0.05) is 23.2 Å². The van der Waals surface area contributed by atoms with Crippen molar-refractivity contribution >= 4 is 46.3 Å². The van der Waals surface area contributed by atoms with Crippen molar-refractivity contribution in [3.63, 3.8) is 0 Å². The molecule has 0 saturated carbocycles. The number of ether oxygens (including phenoxy) is 1. The average molecular weight is 480 g/mol. The largest absolute Gasteiger partial charge is 0.457 e. The topological polar surface area (TPSA) is 142 Å². The van der Waals surface area contributed by atoms with E-state index >= 15 is 0 Å². The summed E-state index contributed by atoms with van der Waals surface area (Å²) in [6.07, 6.45) is 0. The Morgan fingerprint density at radius 1 is 1.09 bits per heavy atom. The van der Waals surface area contributed by atoms with Crippen LogP contribution in [0.15, 0.2) is 36.4 Å². The molecule has 32 heavy (non-hydrogen) atoms. The SMILES string of the molecule is Cc1cc(Oc2cc(NC(=O)Cn3nc([N+](=O)[O-])c(Cl)c3C)cc([N+](=O)[O-])c2)ccc1Cl. The summed E-state index contributed by atoms with van der Waals surface area (Å²) in [4.78, 5) is 33.3. The standard InChI is InChI=1S/C19H15Cl2N5O6/c1-10-5-14(3-4-16(10)20)32-15-7-12(6-13(8-15)25(28)29)22-17(27)9-24-11(2)18(21)19(23-24)26(30)31/h3-8H,9H2,1-2H3,(H,22,27). The fourth-order valence-electron chi connectivity index (χ4n) is 2.75. The smallest absolute Gasteiger partial charge is 0.408 e. The van der Waals surface area contributed by atoms with E-state index in [9.17, 15) is 25.0 Å². The molecule has 2 aromatic carbocycles. The summed E-state index contributed by atoms with van der Waals surface area (Å²) in [7, 11) is 0. The molecule has 0 aliphatic rings. The summed E-state index contributed by atoms with van der Waals surface area (Å²) in [6.45, 7) is 2.86. The number of rotatable bonds is 7. The highest BCUT2D eigenvalue weighted by atomic mass is 35.5. The van der Waals surface area contributed by atoms with Crippen molar-refractivity contribution in [2.75, 3.05) is 5.32 Å². The summed E-state index contributed by atoms with van der Waals surface area (Å²) in [5.41, 5.74) is 0.771. The second kappa shape index (κ2) is 9.20. The van der Waals surface area contributed by atoms with Crippen LogP contribution in [0.25, 0.3) is 0 Å². The third kappa shape index (κ3) is 5.13. The lowest BCUT2D eigenvalue weighted by Gasteiger charge is -2.10. The number of hydrogen-bond donors (Lipinski definition) is 1. The normalized spacial score (nSPS) is 10.6. The lowest BCUT2D eigenvalue weighted by molar-refractivity contribution is -0.389. The van der Waals surface area contributed by atoms with Crippen molar-refractivity contribution < 1.29 is 19.4 Å². The van der Waals surface area contributed by atoms with Gasteiger partial charge in [0, 0.05) is 17.2 Å². The molecule has 13 heteroatoms. The van der Waals surface area contributed by atoms with Crippen LogP contribution in [-0.2, 0) is 11.3 Å². The van der Waals surface area contributed by atoms with Crippen LogP contribution in [0.2, 0.25) is 10.0 Å². The van der Waals surface area contributed by atoms with Crippen LogP contribution in [0.3, 0.4) is 0 Å². The van der Waals surface area contributed by atoms with E-state index in [4.69, 9.17) is 27.9 Å². The quantitative estimate of drug-likeness (QED) is 0.368. The summed E-state index contributed by atoms with van der Waals surface area (Å²) in [6, 6.07) is 8.66. The highest BCUT2D eigenvalue weighted by Crippen LogP contribution is 2.31. The van der Waals surface area contributed by atoms with Gasteiger partial charge in [0.1, 0.15) is 18.0 Å². The summed E-state index contributed by atoms with van der Waals surface area (Å²) >= 11 is 11.9. The lowest BCUT2D eigenvalue weighted by Crippen LogP contribution is -2.20. The van der Waals surface area contributed by atoms with Gasteiger partial charge in [-0.2, -0.15) is 4.68 Å². The molecule has 0 unspecified atom stereocenters. The van der Waals surface area contributed by atoms with Crippen LogP contribution >= 0.6 is 23.2 Å². The maximum absolute atomic E-state index is 12.4. The summed E-state index contributed by atoms with van der Waals surface area (Å²) in [5, 5.41) is 28.8. The van der Waals surface area contributed by atoms with Gasteiger partial charge >= 0.3 is 5.82 Å². The van der Waals surface area contributed by atoms with Crippen molar-refractivity contribution in [3.8, 4) is 11.5 Å². The Morgan fingerprint density at radius 2 is 1.81 bits per heavy atom. The summed E-state index contributed by atoms with van der Waals surface area (Å²) in [5.74, 6) is -0.679. The molecule has 3 aromatic rings. The van der Waals surface area contributed by atoms with E-state index in [0.717, 1.165) is 16.3 Å². The first-order valence-electron chi connectivity index (χ1n) is 8.95. The first-order valence-corrected chi connectivity index (χ1v) is 9.71. The van der Waals surface area contributed by atoms with Gasteiger partial charge in [-0.25, -0.2) is 0 Å². The fourth-order valence-corrected chi connectivity index (χ4v) is 3.07. The monoisotopic (exact) mass is 479 g/mol. The Balaban J connectivity index is 1.83. The van der Waals surface area contributed by atoms with Gasteiger partial charge in [0.05, 0.1) is 27.5 Å². The lowest BCUT2D eigenvalue weighted by atomic mass is 10.2. The van der Waals surface area contributed by atoms with E-state index in [1.807, 2.05) is 0 Å². The van der Waals surface area contributed by atoms with Gasteiger partial charge < -0.3 is 20.2 Å². The van der Waals surface area contributed by atoms with Gasteiger partial charge in [-0.05, 0) is 42.5 Å².